The molecule has 2 amide bonds. The van der Waals surface area contributed by atoms with Crippen molar-refractivity contribution in [2.24, 2.45) is 5.92 Å². The predicted octanol–water partition coefficient (Wildman–Crippen LogP) is 2.89. The number of halogens is 1. The first-order valence-electron chi connectivity index (χ1n) is 10.9. The summed E-state index contributed by atoms with van der Waals surface area (Å²) in [5.74, 6) is -0.255. The average molecular weight is 489 g/mol. The third-order valence-corrected chi connectivity index (χ3v) is 6.94. The minimum absolute atomic E-state index is 0.00848. The van der Waals surface area contributed by atoms with Crippen LogP contribution in [0, 0.1) is 5.92 Å². The number of nitrogens with zero attached hydrogens (tertiary/aromatic N) is 4. The molecular weight excluding hydrogens is 464 g/mol. The number of carbonyl (C=O) groups excluding carboxylic acids is 2. The SMILES string of the molecule is CCCNC(=O)C1CCN(c2nc3ncn(CC(=O)Nc4ccccc4Cl)c(=O)c3s2)CC1. The van der Waals surface area contributed by atoms with Crippen molar-refractivity contribution in [1.82, 2.24) is 19.9 Å². The van der Waals surface area contributed by atoms with E-state index < -0.39 is 0 Å². The van der Waals surface area contributed by atoms with Gasteiger partial charge in [-0.2, -0.15) is 4.98 Å². The predicted molar refractivity (Wildman–Crippen MR) is 130 cm³/mol. The molecule has 2 N–H and O–H groups in total. The van der Waals surface area contributed by atoms with E-state index >= 15 is 0 Å². The van der Waals surface area contributed by atoms with Crippen molar-refractivity contribution in [1.29, 1.82) is 0 Å². The van der Waals surface area contributed by atoms with Gasteiger partial charge in [0, 0.05) is 25.6 Å². The molecule has 1 fully saturated rings. The van der Waals surface area contributed by atoms with Crippen molar-refractivity contribution in [2.75, 3.05) is 29.9 Å². The molecule has 3 heterocycles. The van der Waals surface area contributed by atoms with Crippen molar-refractivity contribution in [3.63, 3.8) is 0 Å². The van der Waals surface area contributed by atoms with Crippen molar-refractivity contribution >= 4 is 55.9 Å². The molecule has 9 nitrogen and oxygen atoms in total. The minimum Gasteiger partial charge on any atom is -0.356 e. The molecule has 1 aliphatic heterocycles. The van der Waals surface area contributed by atoms with E-state index in [0.29, 0.717) is 45.8 Å². The van der Waals surface area contributed by atoms with E-state index in [1.54, 1.807) is 24.3 Å². The highest BCUT2D eigenvalue weighted by molar-refractivity contribution is 7.22. The first-order chi connectivity index (χ1) is 16.0. The van der Waals surface area contributed by atoms with Crippen LogP contribution in [0.1, 0.15) is 26.2 Å². The highest BCUT2D eigenvalue weighted by Gasteiger charge is 2.26. The molecule has 3 aromatic rings. The van der Waals surface area contributed by atoms with Crippen LogP contribution < -0.4 is 21.1 Å². The van der Waals surface area contributed by atoms with Crippen molar-refractivity contribution < 1.29 is 9.59 Å². The molecule has 1 aliphatic rings. The number of thiazole rings is 1. The number of fused-ring (bicyclic) bond motifs is 1. The van der Waals surface area contributed by atoms with Gasteiger partial charge in [-0.3, -0.25) is 19.0 Å². The number of hydrogen-bond acceptors (Lipinski definition) is 7. The lowest BCUT2D eigenvalue weighted by Crippen LogP contribution is -2.40. The third kappa shape index (κ3) is 5.33. The smallest absolute Gasteiger partial charge is 0.273 e. The second-order valence-electron chi connectivity index (χ2n) is 7.91. The summed E-state index contributed by atoms with van der Waals surface area (Å²) in [6.07, 6.45) is 3.74. The number of nitrogens with one attached hydrogen (secondary N) is 2. The number of aromatic nitrogens is 3. The first-order valence-corrected chi connectivity index (χ1v) is 12.1. The molecule has 1 aromatic carbocycles. The number of amides is 2. The van der Waals surface area contributed by atoms with Gasteiger partial charge < -0.3 is 15.5 Å². The molecule has 11 heteroatoms. The summed E-state index contributed by atoms with van der Waals surface area (Å²) in [6, 6.07) is 6.90. The van der Waals surface area contributed by atoms with Crippen molar-refractivity contribution in [3.8, 4) is 0 Å². The second-order valence-corrected chi connectivity index (χ2v) is 9.29. The summed E-state index contributed by atoms with van der Waals surface area (Å²) in [4.78, 5) is 48.4. The maximum Gasteiger partial charge on any atom is 0.273 e. The van der Waals surface area contributed by atoms with Crippen LogP contribution in [0.5, 0.6) is 0 Å². The van der Waals surface area contributed by atoms with Crippen LogP contribution in [0.4, 0.5) is 10.8 Å². The monoisotopic (exact) mass is 488 g/mol. The normalized spacial score (nSPS) is 14.4. The van der Waals surface area contributed by atoms with Crippen molar-refractivity contribution in [2.45, 2.75) is 32.7 Å². The van der Waals surface area contributed by atoms with Gasteiger partial charge in [-0.1, -0.05) is 42.0 Å². The number of anilines is 2. The Hall–Kier alpha value is -2.98. The van der Waals surface area contributed by atoms with Crippen LogP contribution in [0.2, 0.25) is 5.02 Å². The van der Waals surface area contributed by atoms with Gasteiger partial charge in [-0.05, 0) is 31.4 Å². The van der Waals surface area contributed by atoms with E-state index in [9.17, 15) is 14.4 Å². The molecule has 0 saturated carbocycles. The Balaban J connectivity index is 1.43. The lowest BCUT2D eigenvalue weighted by atomic mass is 9.96. The fraction of sp³-hybridized carbons (Fsp3) is 0.409. The Morgan fingerprint density at radius 2 is 2.00 bits per heavy atom. The van der Waals surface area contributed by atoms with E-state index in [-0.39, 0.29) is 29.8 Å². The number of rotatable bonds is 7. The van der Waals surface area contributed by atoms with E-state index in [1.165, 1.54) is 22.2 Å². The van der Waals surface area contributed by atoms with Gasteiger partial charge in [0.05, 0.1) is 10.7 Å². The molecule has 1 saturated heterocycles. The zero-order valence-electron chi connectivity index (χ0n) is 18.2. The molecule has 0 aliphatic carbocycles. The van der Waals surface area contributed by atoms with Gasteiger partial charge in [0.15, 0.2) is 10.8 Å². The average Bonchev–Trinajstić information content (AvgIpc) is 3.26. The van der Waals surface area contributed by atoms with E-state index in [1.807, 2.05) is 6.92 Å². The Morgan fingerprint density at radius 3 is 2.73 bits per heavy atom. The summed E-state index contributed by atoms with van der Waals surface area (Å²) in [7, 11) is 0. The third-order valence-electron chi connectivity index (χ3n) is 5.52. The molecule has 0 spiro atoms. The maximum atomic E-state index is 12.9. The Morgan fingerprint density at radius 1 is 1.24 bits per heavy atom. The molecule has 0 unspecified atom stereocenters. The second kappa shape index (κ2) is 10.3. The molecule has 0 atom stereocenters. The van der Waals surface area contributed by atoms with Crippen LogP contribution in [-0.4, -0.2) is 46.0 Å². The summed E-state index contributed by atoms with van der Waals surface area (Å²) in [5, 5.41) is 6.80. The van der Waals surface area contributed by atoms with Crippen LogP contribution in [-0.2, 0) is 16.1 Å². The summed E-state index contributed by atoms with van der Waals surface area (Å²) < 4.78 is 1.67. The van der Waals surface area contributed by atoms with Crippen LogP contribution >= 0.6 is 22.9 Å². The van der Waals surface area contributed by atoms with Crippen LogP contribution in [0.3, 0.4) is 0 Å². The highest BCUT2D eigenvalue weighted by Crippen LogP contribution is 2.29. The Bertz CT molecular complexity index is 1220. The number of piperidine rings is 1. The highest BCUT2D eigenvalue weighted by atomic mass is 35.5. The number of benzene rings is 1. The lowest BCUT2D eigenvalue weighted by Gasteiger charge is -2.30. The number of hydrogen-bond donors (Lipinski definition) is 2. The molecule has 4 rings (SSSR count). The lowest BCUT2D eigenvalue weighted by molar-refractivity contribution is -0.125. The quantitative estimate of drug-likeness (QED) is 0.529. The zero-order chi connectivity index (χ0) is 23.4. The minimum atomic E-state index is -0.375. The molecule has 33 heavy (non-hydrogen) atoms. The Labute approximate surface area is 199 Å². The van der Waals surface area contributed by atoms with E-state index in [0.717, 1.165) is 19.3 Å². The fourth-order valence-corrected chi connectivity index (χ4v) is 4.92. The van der Waals surface area contributed by atoms with E-state index in [4.69, 9.17) is 11.6 Å². The summed E-state index contributed by atoms with van der Waals surface area (Å²) in [5.41, 5.74) is 0.538. The largest absolute Gasteiger partial charge is 0.356 e. The fourth-order valence-electron chi connectivity index (χ4n) is 3.72. The van der Waals surface area contributed by atoms with Crippen molar-refractivity contribution in [3.05, 3.63) is 46.0 Å². The standard InChI is InChI=1S/C22H25ClN6O3S/c1-2-9-24-20(31)14-7-10-28(11-8-14)22-27-19-18(33-22)21(32)29(13-25-19)12-17(30)26-16-6-4-3-5-15(16)23/h3-6,13-14H,2,7-12H2,1H3,(H,24,31)(H,26,30). The molecule has 2 aromatic heterocycles. The van der Waals surface area contributed by atoms with Gasteiger partial charge in [0.25, 0.3) is 5.56 Å². The summed E-state index contributed by atoms with van der Waals surface area (Å²) >= 11 is 7.34. The van der Waals surface area contributed by atoms with E-state index in [2.05, 4.69) is 25.5 Å². The number of carbonyl (C=O) groups is 2. The summed E-state index contributed by atoms with van der Waals surface area (Å²) in [6.45, 7) is 3.93. The molecule has 0 bridgehead atoms. The van der Waals surface area contributed by atoms with Gasteiger partial charge in [0.2, 0.25) is 11.8 Å². The maximum absolute atomic E-state index is 12.9. The van der Waals surface area contributed by atoms with Crippen LogP contribution in [0.15, 0.2) is 35.4 Å². The van der Waals surface area contributed by atoms with Crippen LogP contribution in [0.25, 0.3) is 10.3 Å². The molecule has 0 radical (unpaired) electrons. The molecular formula is C22H25ClN6O3S. The van der Waals surface area contributed by atoms with Gasteiger partial charge >= 0.3 is 0 Å². The zero-order valence-corrected chi connectivity index (χ0v) is 19.8. The van der Waals surface area contributed by atoms with Gasteiger partial charge in [-0.25, -0.2) is 4.98 Å². The Kier molecular flexibility index (Phi) is 7.24. The van der Waals surface area contributed by atoms with Gasteiger partial charge in [0.1, 0.15) is 17.6 Å². The first kappa shape index (κ1) is 23.2. The molecule has 174 valence electrons. The number of para-hydroxylation sites is 1. The van der Waals surface area contributed by atoms with Gasteiger partial charge in [-0.15, -0.1) is 0 Å². The topological polar surface area (TPSA) is 109 Å².